The summed E-state index contributed by atoms with van der Waals surface area (Å²) < 4.78 is 5.24. The molecule has 3 heteroatoms. The summed E-state index contributed by atoms with van der Waals surface area (Å²) in [7, 11) is 0. The van der Waals surface area contributed by atoms with Crippen LogP contribution < -0.4 is 4.74 Å². The summed E-state index contributed by atoms with van der Waals surface area (Å²) in [5.74, 6) is 0.991. The smallest absolute Gasteiger partial charge is 0.130 e. The summed E-state index contributed by atoms with van der Waals surface area (Å²) in [6.07, 6.45) is 4.75. The van der Waals surface area contributed by atoms with Crippen molar-refractivity contribution in [1.82, 2.24) is 0 Å². The number of rotatable bonds is 0. The van der Waals surface area contributed by atoms with Crippen molar-refractivity contribution in [3.05, 3.63) is 42.2 Å². The summed E-state index contributed by atoms with van der Waals surface area (Å²) in [5, 5.41) is 0. The van der Waals surface area contributed by atoms with E-state index in [1.807, 2.05) is 24.3 Å². The van der Waals surface area contributed by atoms with E-state index >= 15 is 0 Å². The van der Waals surface area contributed by atoms with Gasteiger partial charge in [-0.15, -0.1) is 0 Å². The maximum absolute atomic E-state index is 5.24. The van der Waals surface area contributed by atoms with Crippen molar-refractivity contribution >= 4 is 0 Å². The van der Waals surface area contributed by atoms with E-state index in [0.29, 0.717) is 0 Å². The minimum absolute atomic E-state index is 0. The summed E-state index contributed by atoms with van der Waals surface area (Å²) in [6.45, 7) is 0. The topological polar surface area (TPSA) is 9.23 Å². The first-order valence-electron chi connectivity index (χ1n) is 3.36. The molecule has 0 spiro atoms. The second-order valence-electron chi connectivity index (χ2n) is 2.30. The molecular formula is C9H8CuOW. The zero-order chi connectivity index (χ0) is 6.81. The summed E-state index contributed by atoms with van der Waals surface area (Å²) >= 11 is 0. The number of hydrogen-bond donors (Lipinski definition) is 0. The fourth-order valence-electron chi connectivity index (χ4n) is 1.08. The fraction of sp³-hybridized carbons (Fsp3) is 0.111. The van der Waals surface area contributed by atoms with Gasteiger partial charge in [0.25, 0.3) is 0 Å². The molecule has 0 saturated heterocycles. The van der Waals surface area contributed by atoms with E-state index in [-0.39, 0.29) is 38.1 Å². The second kappa shape index (κ2) is 5.59. The number of hydrogen-bond acceptors (Lipinski definition) is 1. The van der Waals surface area contributed by atoms with Crippen LogP contribution >= 0.6 is 0 Å². The van der Waals surface area contributed by atoms with Gasteiger partial charge in [-0.1, -0.05) is 18.2 Å². The Morgan fingerprint density at radius 3 is 2.67 bits per heavy atom. The second-order valence-corrected chi connectivity index (χ2v) is 2.30. The number of benzene rings is 1. The molecule has 1 aliphatic heterocycles. The molecule has 1 heterocycles. The van der Waals surface area contributed by atoms with Gasteiger partial charge in [0, 0.05) is 38.1 Å². The molecule has 0 aliphatic carbocycles. The fourth-order valence-corrected chi connectivity index (χ4v) is 1.08. The average Bonchev–Trinajstić information content (AvgIpc) is 2.05. The monoisotopic (exact) mass is 379 g/mol. The molecule has 1 aromatic carbocycles. The Hall–Kier alpha value is -0.0322. The van der Waals surface area contributed by atoms with E-state index in [9.17, 15) is 0 Å². The van der Waals surface area contributed by atoms with Gasteiger partial charge in [-0.3, -0.25) is 0 Å². The van der Waals surface area contributed by atoms with Crippen molar-refractivity contribution in [2.45, 2.75) is 6.42 Å². The number of fused-ring (bicyclic) bond motifs is 1. The van der Waals surface area contributed by atoms with Gasteiger partial charge < -0.3 is 4.74 Å². The summed E-state index contributed by atoms with van der Waals surface area (Å²) in [5.41, 5.74) is 1.27. The van der Waals surface area contributed by atoms with Crippen LogP contribution in [0.2, 0.25) is 0 Å². The Morgan fingerprint density at radius 1 is 1.17 bits per heavy atom. The van der Waals surface area contributed by atoms with Gasteiger partial charge in [0.05, 0.1) is 6.26 Å². The Bertz CT molecular complexity index is 246. The van der Waals surface area contributed by atoms with Crippen LogP contribution in [0.5, 0.6) is 5.75 Å². The van der Waals surface area contributed by atoms with Crippen molar-refractivity contribution in [2.75, 3.05) is 0 Å². The van der Waals surface area contributed by atoms with Crippen molar-refractivity contribution < 1.29 is 42.9 Å². The molecule has 0 bridgehead atoms. The van der Waals surface area contributed by atoms with Crippen LogP contribution in [0.3, 0.4) is 0 Å². The van der Waals surface area contributed by atoms with E-state index < -0.39 is 0 Å². The first-order chi connectivity index (χ1) is 4.97. The Kier molecular flexibility index (Phi) is 5.57. The molecule has 1 radical (unpaired) electrons. The molecule has 12 heavy (non-hydrogen) atoms. The predicted octanol–water partition coefficient (Wildman–Crippen LogP) is 2.13. The quantitative estimate of drug-likeness (QED) is 0.628. The van der Waals surface area contributed by atoms with E-state index in [1.54, 1.807) is 6.26 Å². The van der Waals surface area contributed by atoms with Crippen molar-refractivity contribution in [3.8, 4) is 5.75 Å². The van der Waals surface area contributed by atoms with E-state index in [4.69, 9.17) is 4.74 Å². The molecule has 1 nitrogen and oxygen atoms in total. The van der Waals surface area contributed by atoms with Crippen LogP contribution in [0, 0.1) is 0 Å². The largest absolute Gasteiger partial charge is 0.465 e. The number of allylic oxidation sites excluding steroid dienone is 1. The van der Waals surface area contributed by atoms with Crippen LogP contribution in [0.1, 0.15) is 5.56 Å². The van der Waals surface area contributed by atoms with Gasteiger partial charge >= 0.3 is 0 Å². The van der Waals surface area contributed by atoms with E-state index in [0.717, 1.165) is 12.2 Å². The summed E-state index contributed by atoms with van der Waals surface area (Å²) in [6, 6.07) is 8.08. The molecule has 0 N–H and O–H groups in total. The first-order valence-corrected chi connectivity index (χ1v) is 3.36. The zero-order valence-corrected chi connectivity index (χ0v) is 10.2. The van der Waals surface area contributed by atoms with Gasteiger partial charge in [-0.2, -0.15) is 0 Å². The Morgan fingerprint density at radius 2 is 1.92 bits per heavy atom. The third kappa shape index (κ3) is 2.48. The minimum atomic E-state index is 0. The molecule has 2 rings (SSSR count). The summed E-state index contributed by atoms with van der Waals surface area (Å²) in [4.78, 5) is 0. The van der Waals surface area contributed by atoms with Gasteiger partial charge in [-0.05, 0) is 24.1 Å². The first kappa shape index (κ1) is 12.0. The SMILES string of the molecule is C1=COc2ccccc2C1.[Cu].[W]. The molecule has 0 amide bonds. The molecule has 0 unspecified atom stereocenters. The molecule has 67 valence electrons. The number of ether oxygens (including phenoxy) is 1. The molecule has 1 aromatic rings. The maximum atomic E-state index is 5.24. The molecule has 0 aromatic heterocycles. The molecule has 1 aliphatic rings. The molecule has 0 atom stereocenters. The van der Waals surface area contributed by atoms with Crippen LogP contribution in [0.25, 0.3) is 0 Å². The third-order valence-electron chi connectivity index (χ3n) is 1.60. The predicted molar refractivity (Wildman–Crippen MR) is 39.9 cm³/mol. The Labute approximate surface area is 96.9 Å². The molecule has 0 fully saturated rings. The van der Waals surface area contributed by atoms with Crippen molar-refractivity contribution in [3.63, 3.8) is 0 Å². The van der Waals surface area contributed by atoms with Gasteiger partial charge in [0.15, 0.2) is 0 Å². The minimum Gasteiger partial charge on any atom is -0.465 e. The van der Waals surface area contributed by atoms with Crippen LogP contribution in [-0.2, 0) is 44.6 Å². The standard InChI is InChI=1S/C9H8O.Cu.W/c1-2-6-9-8(4-1)5-3-7-10-9;;/h1-4,6-7H,5H2;;. The average molecular weight is 380 g/mol. The number of para-hydroxylation sites is 1. The zero-order valence-electron chi connectivity index (χ0n) is 6.29. The van der Waals surface area contributed by atoms with Gasteiger partial charge in [0.1, 0.15) is 5.75 Å². The van der Waals surface area contributed by atoms with Gasteiger partial charge in [-0.25, -0.2) is 0 Å². The van der Waals surface area contributed by atoms with Crippen molar-refractivity contribution in [1.29, 1.82) is 0 Å². The van der Waals surface area contributed by atoms with Crippen LogP contribution in [-0.4, -0.2) is 0 Å². The Balaban J connectivity index is 0.000000605. The van der Waals surface area contributed by atoms with Crippen molar-refractivity contribution in [2.24, 2.45) is 0 Å². The molecule has 0 saturated carbocycles. The van der Waals surface area contributed by atoms with Crippen LogP contribution in [0.15, 0.2) is 36.6 Å². The third-order valence-corrected chi connectivity index (χ3v) is 1.60. The maximum Gasteiger partial charge on any atom is 0.130 e. The van der Waals surface area contributed by atoms with E-state index in [1.165, 1.54) is 5.56 Å². The van der Waals surface area contributed by atoms with Crippen LogP contribution in [0.4, 0.5) is 0 Å². The van der Waals surface area contributed by atoms with E-state index in [2.05, 4.69) is 6.07 Å². The molecular weight excluding hydrogens is 371 g/mol. The van der Waals surface area contributed by atoms with Gasteiger partial charge in [0.2, 0.25) is 0 Å². The normalized spacial score (nSPS) is 11.7.